The maximum absolute atomic E-state index is 8.89. The average Bonchev–Trinajstić information content (AvgIpc) is 1.62. The number of hydrogen-bond donors (Lipinski definition) is 1. The first-order chi connectivity index (χ1) is 3.84. The molecular weight excluding hydrogens is 106 g/mol. The molecule has 1 radical (unpaired) electrons. The van der Waals surface area contributed by atoms with Crippen molar-refractivity contribution in [1.82, 2.24) is 5.06 Å². The lowest BCUT2D eigenvalue weighted by Gasteiger charge is -2.22. The van der Waals surface area contributed by atoms with Crippen molar-refractivity contribution in [3.05, 3.63) is 0 Å². The normalized spacial score (nSPS) is 28.1. The fraction of sp³-hybridized carbons (Fsp3) is 1.00. The molecule has 0 aromatic rings. The van der Waals surface area contributed by atoms with E-state index in [1.165, 1.54) is 5.06 Å². The molecule has 1 N–H and O–H groups in total. The van der Waals surface area contributed by atoms with Crippen LogP contribution in [0.1, 0.15) is 13.3 Å². The highest BCUT2D eigenvalue weighted by Crippen LogP contribution is 2.10. The van der Waals surface area contributed by atoms with Crippen molar-refractivity contribution in [2.45, 2.75) is 19.6 Å². The summed E-state index contributed by atoms with van der Waals surface area (Å²) in [5.41, 5.74) is 0. The summed E-state index contributed by atoms with van der Waals surface area (Å²) in [5.74, 6) is 0. The molecular formula is C5H11NO2+. The van der Waals surface area contributed by atoms with E-state index >= 15 is 0 Å². The molecule has 0 bridgehead atoms. The molecule has 3 heteroatoms. The van der Waals surface area contributed by atoms with Crippen LogP contribution in [-0.2, 0) is 4.74 Å². The minimum atomic E-state index is -0.0139. The van der Waals surface area contributed by atoms with Crippen LogP contribution in [0, 0.1) is 0 Å². The van der Waals surface area contributed by atoms with E-state index < -0.39 is 0 Å². The molecule has 1 aliphatic rings. The summed E-state index contributed by atoms with van der Waals surface area (Å²) in [6.07, 6.45) is 0.949. The lowest BCUT2D eigenvalue weighted by molar-refractivity contribution is -0.195. The number of nitrogens with zero attached hydrogens (tertiary/aromatic N) is 1. The zero-order valence-electron chi connectivity index (χ0n) is 5.00. The zero-order chi connectivity index (χ0) is 5.98. The molecule has 1 unspecified atom stereocenters. The lowest BCUT2D eigenvalue weighted by Crippen LogP contribution is -2.46. The molecule has 1 aliphatic heterocycles. The molecule has 0 aromatic carbocycles. The Balaban J connectivity index is 2.13. The van der Waals surface area contributed by atoms with Gasteiger partial charge in [-0.3, -0.25) is 0 Å². The molecule has 0 aliphatic carbocycles. The maximum Gasteiger partial charge on any atom is 0.274 e. The van der Waals surface area contributed by atoms with E-state index in [0.717, 1.165) is 13.0 Å². The Morgan fingerprint density at radius 2 is 2.50 bits per heavy atom. The van der Waals surface area contributed by atoms with Crippen LogP contribution in [0.25, 0.3) is 0 Å². The molecule has 0 spiro atoms. The van der Waals surface area contributed by atoms with E-state index in [9.17, 15) is 0 Å². The molecule has 1 fully saturated rings. The summed E-state index contributed by atoms with van der Waals surface area (Å²) in [4.78, 5) is 0. The zero-order valence-corrected chi connectivity index (χ0v) is 5.00. The van der Waals surface area contributed by atoms with Gasteiger partial charge in [0.2, 0.25) is 0 Å². The second-order valence-electron chi connectivity index (χ2n) is 1.87. The van der Waals surface area contributed by atoms with Crippen molar-refractivity contribution >= 4 is 0 Å². The van der Waals surface area contributed by atoms with Gasteiger partial charge < -0.3 is 4.74 Å². The molecule has 0 amide bonds. The van der Waals surface area contributed by atoms with Gasteiger partial charge in [0.15, 0.2) is 6.54 Å². The Morgan fingerprint density at radius 3 is 2.62 bits per heavy atom. The summed E-state index contributed by atoms with van der Waals surface area (Å²) in [7, 11) is 0. The van der Waals surface area contributed by atoms with E-state index in [1.54, 1.807) is 0 Å². The fourth-order valence-electron chi connectivity index (χ4n) is 0.662. The predicted molar refractivity (Wildman–Crippen MR) is 28.8 cm³/mol. The van der Waals surface area contributed by atoms with Crippen molar-refractivity contribution in [3.8, 4) is 0 Å². The van der Waals surface area contributed by atoms with Gasteiger partial charge in [-0.25, -0.2) is 0 Å². The van der Waals surface area contributed by atoms with Gasteiger partial charge >= 0.3 is 0 Å². The first kappa shape index (κ1) is 6.01. The minimum absolute atomic E-state index is 0.0139. The Hall–Kier alpha value is -0.120. The van der Waals surface area contributed by atoms with Gasteiger partial charge in [-0.2, -0.15) is 5.21 Å². The molecule has 8 heavy (non-hydrogen) atoms. The second-order valence-corrected chi connectivity index (χ2v) is 1.87. The number of rotatable bonds is 2. The summed E-state index contributed by atoms with van der Waals surface area (Å²) in [6, 6.07) is 0. The maximum atomic E-state index is 8.89. The van der Waals surface area contributed by atoms with Crippen LogP contribution in [0.4, 0.5) is 0 Å². The van der Waals surface area contributed by atoms with Crippen LogP contribution in [0.2, 0.25) is 0 Å². The first-order valence-electron chi connectivity index (χ1n) is 2.91. The Bertz CT molecular complexity index is 70.1. The van der Waals surface area contributed by atoms with E-state index in [2.05, 4.69) is 0 Å². The summed E-state index contributed by atoms with van der Waals surface area (Å²) >= 11 is 0. The number of ether oxygens (including phenoxy) is 1. The van der Waals surface area contributed by atoms with Crippen molar-refractivity contribution < 1.29 is 9.94 Å². The van der Waals surface area contributed by atoms with Gasteiger partial charge in [-0.15, -0.1) is 0 Å². The van der Waals surface area contributed by atoms with Gasteiger partial charge in [-0.1, -0.05) is 0 Å². The van der Waals surface area contributed by atoms with E-state index in [4.69, 9.17) is 9.94 Å². The van der Waals surface area contributed by atoms with Crippen molar-refractivity contribution in [2.24, 2.45) is 0 Å². The third-order valence-electron chi connectivity index (χ3n) is 1.33. The van der Waals surface area contributed by atoms with E-state index in [0.29, 0.717) is 6.54 Å². The van der Waals surface area contributed by atoms with Gasteiger partial charge in [-0.05, 0) is 6.92 Å². The third kappa shape index (κ3) is 0.992. The van der Waals surface area contributed by atoms with Crippen LogP contribution >= 0.6 is 0 Å². The quantitative estimate of drug-likeness (QED) is 0.416. The van der Waals surface area contributed by atoms with Gasteiger partial charge in [0, 0.05) is 5.06 Å². The van der Waals surface area contributed by atoms with Crippen LogP contribution in [0.3, 0.4) is 0 Å². The lowest BCUT2D eigenvalue weighted by atomic mass is 10.3. The van der Waals surface area contributed by atoms with Crippen LogP contribution in [-0.4, -0.2) is 24.6 Å². The van der Waals surface area contributed by atoms with Gasteiger partial charge in [0.1, 0.15) is 0 Å². The molecule has 0 aromatic heterocycles. The van der Waals surface area contributed by atoms with Crippen LogP contribution < -0.4 is 5.06 Å². The molecule has 0 saturated carbocycles. The molecule has 1 rings (SSSR count). The highest BCUT2D eigenvalue weighted by molar-refractivity contribution is 4.64. The summed E-state index contributed by atoms with van der Waals surface area (Å²) < 4.78 is 4.96. The topological polar surface area (TPSA) is 35.4 Å². The minimum Gasteiger partial charge on any atom is -0.322 e. The SMILES string of the molecule is CC[N+](O)C1CCO1. The highest BCUT2D eigenvalue weighted by atomic mass is 16.6. The molecule has 1 atom stereocenters. The van der Waals surface area contributed by atoms with E-state index in [-0.39, 0.29) is 6.23 Å². The fourth-order valence-corrected chi connectivity index (χ4v) is 0.662. The van der Waals surface area contributed by atoms with Gasteiger partial charge in [0.25, 0.3) is 6.23 Å². The van der Waals surface area contributed by atoms with Crippen LogP contribution in [0.5, 0.6) is 0 Å². The van der Waals surface area contributed by atoms with Crippen LogP contribution in [0.15, 0.2) is 0 Å². The van der Waals surface area contributed by atoms with Crippen molar-refractivity contribution in [1.29, 1.82) is 0 Å². The van der Waals surface area contributed by atoms with Crippen molar-refractivity contribution in [3.63, 3.8) is 0 Å². The average molecular weight is 117 g/mol. The smallest absolute Gasteiger partial charge is 0.274 e. The molecule has 1 saturated heterocycles. The Labute approximate surface area is 48.8 Å². The molecule has 3 nitrogen and oxygen atoms in total. The monoisotopic (exact) mass is 117 g/mol. The largest absolute Gasteiger partial charge is 0.322 e. The Morgan fingerprint density at radius 1 is 1.88 bits per heavy atom. The number of hydroxylamine groups is 2. The number of hydrogen-bond acceptors (Lipinski definition) is 3. The summed E-state index contributed by atoms with van der Waals surface area (Å²) in [5, 5.41) is 10.1. The molecule has 1 heterocycles. The highest BCUT2D eigenvalue weighted by Gasteiger charge is 2.32. The first-order valence-corrected chi connectivity index (χ1v) is 2.91. The summed E-state index contributed by atoms with van der Waals surface area (Å²) in [6.45, 7) is 3.33. The third-order valence-corrected chi connectivity index (χ3v) is 1.33. The van der Waals surface area contributed by atoms with E-state index in [1.807, 2.05) is 6.92 Å². The Kier molecular flexibility index (Phi) is 1.83. The van der Waals surface area contributed by atoms with Gasteiger partial charge in [0.05, 0.1) is 13.0 Å². The van der Waals surface area contributed by atoms with Crippen molar-refractivity contribution in [2.75, 3.05) is 13.2 Å². The standard InChI is InChI=1S/C5H11NO2/c1-2-6(7)5-3-4-8-5/h5,7H,2-4H2,1H3/q+1. The molecule has 47 valence electrons. The predicted octanol–water partition coefficient (Wildman–Crippen LogP) is 0.282. The second kappa shape index (κ2) is 2.44.